The number of H-pyrrole nitrogens is 2. The monoisotopic (exact) mass is 820 g/mol. The van der Waals surface area contributed by atoms with Crippen LogP contribution in [0.3, 0.4) is 0 Å². The fraction of sp³-hybridized carbons (Fsp3) is 0.312. The smallest absolute Gasteiger partial charge is 0.408 e. The molecule has 13 nitrogen and oxygen atoms in total. The summed E-state index contributed by atoms with van der Waals surface area (Å²) in [7, 11) is 3.88. The Morgan fingerprint density at radius 1 is 0.738 bits per heavy atom. The van der Waals surface area contributed by atoms with E-state index >= 15 is 0 Å². The van der Waals surface area contributed by atoms with E-state index in [1.165, 1.54) is 4.90 Å². The molecule has 0 saturated carbocycles. The molecule has 0 unspecified atom stereocenters. The molecule has 0 bridgehead atoms. The van der Waals surface area contributed by atoms with E-state index in [9.17, 15) is 24.3 Å². The molecular formula is C48H52N8O5. The number of hydrogen-bond acceptors (Lipinski definition) is 6. The fourth-order valence-electron chi connectivity index (χ4n) is 8.99. The Hall–Kier alpha value is -6.73. The highest BCUT2D eigenvalue weighted by molar-refractivity contribution is 6.00. The summed E-state index contributed by atoms with van der Waals surface area (Å²) in [5.74, 6) is 0.142. The maximum atomic E-state index is 14.2. The lowest BCUT2D eigenvalue weighted by molar-refractivity contribution is -0.141. The second-order valence-corrected chi connectivity index (χ2v) is 16.5. The molecule has 2 fully saturated rings. The number of nitrogens with zero attached hydrogens (tertiary/aromatic N) is 5. The Balaban J connectivity index is 0.943. The van der Waals surface area contributed by atoms with Gasteiger partial charge in [0.15, 0.2) is 0 Å². The number of imidazole rings is 1. The molecule has 2 saturated heterocycles. The second kappa shape index (κ2) is 17.5. The van der Waals surface area contributed by atoms with E-state index < -0.39 is 30.1 Å². The highest BCUT2D eigenvalue weighted by Crippen LogP contribution is 2.36. The van der Waals surface area contributed by atoms with Crippen molar-refractivity contribution in [1.29, 1.82) is 0 Å². The number of aromatic amines is 2. The number of hydrogen-bond donors (Lipinski definition) is 4. The van der Waals surface area contributed by atoms with Crippen molar-refractivity contribution in [3.05, 3.63) is 132 Å². The van der Waals surface area contributed by atoms with Crippen LogP contribution in [0, 0.1) is 0 Å². The number of aromatic nitrogens is 3. The average molecular weight is 821 g/mol. The molecule has 0 radical (unpaired) electrons. The molecule has 2 aliphatic heterocycles. The molecule has 4 amide bonds. The van der Waals surface area contributed by atoms with E-state index in [2.05, 4.69) is 27.4 Å². The van der Waals surface area contributed by atoms with Gasteiger partial charge >= 0.3 is 6.09 Å². The van der Waals surface area contributed by atoms with Gasteiger partial charge in [0.2, 0.25) is 11.8 Å². The summed E-state index contributed by atoms with van der Waals surface area (Å²) in [5, 5.41) is 14.1. The van der Waals surface area contributed by atoms with Gasteiger partial charge in [-0.2, -0.15) is 0 Å². The Labute approximate surface area is 355 Å². The SMILES string of the molecule is CC(C)N(C(=O)O)[C@@H](C(=O)N1CCC[C@H]1C(=O)Nc1ccc2[nH]c(-c3ccc(-c4cnc([C@@H]5CCCN5C(=O)[C@@H](c5ccccc5)N(C)C)[nH]4)cc3)cc2c1)c1ccccc1. The van der Waals surface area contributed by atoms with E-state index in [0.29, 0.717) is 37.2 Å². The van der Waals surface area contributed by atoms with Crippen LogP contribution < -0.4 is 5.32 Å². The number of likely N-dealkylation sites (N-methyl/N-ethyl adjacent to an activating group) is 1. The normalized spacial score (nSPS) is 17.5. The van der Waals surface area contributed by atoms with Crippen LogP contribution in [0.15, 0.2) is 115 Å². The van der Waals surface area contributed by atoms with Crippen molar-refractivity contribution < 1.29 is 24.3 Å². The third-order valence-electron chi connectivity index (χ3n) is 12.0. The molecule has 4 N–H and O–H groups in total. The molecule has 0 aliphatic carbocycles. The van der Waals surface area contributed by atoms with Gasteiger partial charge in [-0.25, -0.2) is 9.78 Å². The van der Waals surface area contributed by atoms with Crippen molar-refractivity contribution in [2.75, 3.05) is 32.5 Å². The van der Waals surface area contributed by atoms with Gasteiger partial charge in [0, 0.05) is 41.4 Å². The zero-order valence-corrected chi connectivity index (χ0v) is 34.9. The quantitative estimate of drug-likeness (QED) is 0.0968. The van der Waals surface area contributed by atoms with Gasteiger partial charge in [0.25, 0.3) is 5.91 Å². The predicted octanol–water partition coefficient (Wildman–Crippen LogP) is 8.25. The summed E-state index contributed by atoms with van der Waals surface area (Å²) in [4.78, 5) is 72.7. The third kappa shape index (κ3) is 8.38. The molecule has 2 aromatic heterocycles. The summed E-state index contributed by atoms with van der Waals surface area (Å²) in [6.07, 6.45) is 3.51. The zero-order chi connectivity index (χ0) is 42.8. The van der Waals surface area contributed by atoms with Gasteiger partial charge in [-0.1, -0.05) is 84.9 Å². The van der Waals surface area contributed by atoms with Crippen molar-refractivity contribution in [3.8, 4) is 22.5 Å². The first-order valence-corrected chi connectivity index (χ1v) is 21.0. The van der Waals surface area contributed by atoms with Crippen LogP contribution in [0.5, 0.6) is 0 Å². The molecule has 61 heavy (non-hydrogen) atoms. The van der Waals surface area contributed by atoms with Crippen LogP contribution in [0.4, 0.5) is 10.5 Å². The Bertz CT molecular complexity index is 2520. The third-order valence-corrected chi connectivity index (χ3v) is 12.0. The average Bonchev–Trinajstić information content (AvgIpc) is 4.09. The predicted molar refractivity (Wildman–Crippen MR) is 235 cm³/mol. The summed E-state index contributed by atoms with van der Waals surface area (Å²) in [5.41, 5.74) is 6.79. The van der Waals surface area contributed by atoms with Crippen molar-refractivity contribution in [2.45, 2.75) is 69.7 Å². The maximum absolute atomic E-state index is 14.2. The molecule has 4 aromatic carbocycles. The van der Waals surface area contributed by atoms with Gasteiger partial charge in [0.05, 0.1) is 17.9 Å². The number of anilines is 1. The number of rotatable bonds is 12. The number of likely N-dealkylation sites (tertiary alicyclic amines) is 2. The largest absolute Gasteiger partial charge is 0.465 e. The number of fused-ring (bicyclic) bond motifs is 1. The van der Waals surface area contributed by atoms with Crippen LogP contribution in [-0.2, 0) is 14.4 Å². The van der Waals surface area contributed by atoms with Crippen LogP contribution in [-0.4, -0.2) is 103 Å². The topological polar surface area (TPSA) is 158 Å². The standard InChI is InChI=1S/C48H52N8O5/c1-30(2)56(48(60)61)43(34-15-9-6-10-16-34)47(59)55-26-12-18-41(55)45(57)50-36-23-24-37-35(27-36)28-38(51-37)31-19-21-32(22-20-31)39-29-49-44(52-39)40-17-11-25-54(40)46(58)42(53(3)4)33-13-7-5-8-14-33/h5-10,13-16,19-24,27-30,40-43,51H,11-12,17-18,25-26H2,1-4H3,(H,49,52)(H,50,57)(H,60,61)/t40-,41-,42+,43+/m0/s1. The van der Waals surface area contributed by atoms with E-state index in [-0.39, 0.29) is 23.9 Å². The van der Waals surface area contributed by atoms with Crippen LogP contribution in [0.1, 0.15) is 74.6 Å². The number of carbonyl (C=O) groups is 4. The van der Waals surface area contributed by atoms with Crippen molar-refractivity contribution in [2.24, 2.45) is 0 Å². The van der Waals surface area contributed by atoms with Crippen LogP contribution in [0.25, 0.3) is 33.4 Å². The lowest BCUT2D eigenvalue weighted by atomic mass is 10.0. The molecule has 0 spiro atoms. The Morgan fingerprint density at radius 2 is 1.34 bits per heavy atom. The summed E-state index contributed by atoms with van der Waals surface area (Å²) >= 11 is 0. The summed E-state index contributed by atoms with van der Waals surface area (Å²) in [6, 6.07) is 31.9. The Kier molecular flexibility index (Phi) is 11.7. The lowest BCUT2D eigenvalue weighted by Crippen LogP contribution is -2.51. The van der Waals surface area contributed by atoms with Gasteiger partial charge in [-0.05, 0) is 100 Å². The van der Waals surface area contributed by atoms with Gasteiger partial charge in [0.1, 0.15) is 23.9 Å². The zero-order valence-electron chi connectivity index (χ0n) is 34.9. The Morgan fingerprint density at radius 3 is 1.98 bits per heavy atom. The molecule has 314 valence electrons. The minimum absolute atomic E-state index is 0.0753. The first-order valence-electron chi connectivity index (χ1n) is 21.0. The maximum Gasteiger partial charge on any atom is 0.408 e. The number of amides is 4. The highest BCUT2D eigenvalue weighted by atomic mass is 16.4. The van der Waals surface area contributed by atoms with Gasteiger partial charge in [-0.15, -0.1) is 0 Å². The van der Waals surface area contributed by atoms with Crippen LogP contribution in [0.2, 0.25) is 0 Å². The number of carbonyl (C=O) groups excluding carboxylic acids is 3. The number of nitrogens with one attached hydrogen (secondary N) is 3. The summed E-state index contributed by atoms with van der Waals surface area (Å²) < 4.78 is 0. The number of benzene rings is 4. The minimum Gasteiger partial charge on any atom is -0.465 e. The van der Waals surface area contributed by atoms with Gasteiger partial charge < -0.3 is 30.2 Å². The van der Waals surface area contributed by atoms with Crippen LogP contribution >= 0.6 is 0 Å². The minimum atomic E-state index is -1.20. The van der Waals surface area contributed by atoms with E-state index in [4.69, 9.17) is 4.98 Å². The highest BCUT2D eigenvalue weighted by Gasteiger charge is 2.42. The number of carboxylic acid groups (broad SMARTS) is 1. The molecule has 13 heteroatoms. The molecule has 8 rings (SSSR count). The molecular weight excluding hydrogens is 769 g/mol. The molecule has 2 aliphatic rings. The molecule has 4 heterocycles. The molecule has 6 aromatic rings. The fourth-order valence-corrected chi connectivity index (χ4v) is 8.99. The van der Waals surface area contributed by atoms with Crippen molar-refractivity contribution in [3.63, 3.8) is 0 Å². The first kappa shape index (κ1) is 41.0. The van der Waals surface area contributed by atoms with Crippen molar-refractivity contribution in [1.82, 2.24) is 34.6 Å². The van der Waals surface area contributed by atoms with E-state index in [0.717, 1.165) is 62.5 Å². The van der Waals surface area contributed by atoms with E-state index in [1.807, 2.05) is 103 Å². The summed E-state index contributed by atoms with van der Waals surface area (Å²) in [6.45, 7) is 4.53. The molecule has 4 atom stereocenters. The van der Waals surface area contributed by atoms with Crippen molar-refractivity contribution >= 4 is 40.4 Å². The second-order valence-electron chi connectivity index (χ2n) is 16.5. The lowest BCUT2D eigenvalue weighted by Gasteiger charge is -2.36. The van der Waals surface area contributed by atoms with E-state index in [1.54, 1.807) is 38.1 Å². The first-order chi connectivity index (χ1) is 29.5. The van der Waals surface area contributed by atoms with Gasteiger partial charge in [-0.3, -0.25) is 24.2 Å².